The van der Waals surface area contributed by atoms with Crippen molar-refractivity contribution in [1.29, 1.82) is 0 Å². The number of ether oxygens (including phenoxy) is 2. The van der Waals surface area contributed by atoms with Crippen molar-refractivity contribution < 1.29 is 17.9 Å². The molecule has 1 saturated heterocycles. The molecule has 146 valence electrons. The summed E-state index contributed by atoms with van der Waals surface area (Å²) in [5.41, 5.74) is 2.04. The van der Waals surface area contributed by atoms with E-state index < -0.39 is 10.0 Å². The third kappa shape index (κ3) is 4.89. The van der Waals surface area contributed by atoms with Gasteiger partial charge in [0.1, 0.15) is 0 Å². The summed E-state index contributed by atoms with van der Waals surface area (Å²) in [6, 6.07) is 14.1. The lowest BCUT2D eigenvalue weighted by Crippen LogP contribution is -2.54. The summed E-state index contributed by atoms with van der Waals surface area (Å²) in [4.78, 5) is 0.298. The van der Waals surface area contributed by atoms with Gasteiger partial charge < -0.3 is 9.47 Å². The van der Waals surface area contributed by atoms with Gasteiger partial charge in [-0.05, 0) is 43.2 Å². The van der Waals surface area contributed by atoms with Crippen LogP contribution in [0.15, 0.2) is 53.4 Å². The summed E-state index contributed by atoms with van der Waals surface area (Å²) in [5.74, 6) is 0. The Hall–Kier alpha value is -1.44. The summed E-state index contributed by atoms with van der Waals surface area (Å²) >= 11 is 5.96. The average molecular weight is 410 g/mol. The van der Waals surface area contributed by atoms with Crippen LogP contribution in [0.1, 0.15) is 11.1 Å². The average Bonchev–Trinajstić information content (AvgIpc) is 2.65. The van der Waals surface area contributed by atoms with E-state index in [2.05, 4.69) is 0 Å². The van der Waals surface area contributed by atoms with Crippen LogP contribution in [-0.4, -0.2) is 51.7 Å². The van der Waals surface area contributed by atoms with Crippen LogP contribution in [0, 0.1) is 6.92 Å². The lowest BCUT2D eigenvalue weighted by molar-refractivity contribution is -0.0633. The number of benzene rings is 2. The smallest absolute Gasteiger partial charge is 0.243 e. The van der Waals surface area contributed by atoms with E-state index in [1.165, 1.54) is 0 Å². The van der Waals surface area contributed by atoms with Crippen molar-refractivity contribution in [3.63, 3.8) is 0 Å². The van der Waals surface area contributed by atoms with Gasteiger partial charge in [-0.1, -0.05) is 41.4 Å². The second kappa shape index (κ2) is 8.71. The minimum Gasteiger partial charge on any atom is -0.382 e. The molecule has 0 aromatic heterocycles. The fourth-order valence-electron chi connectivity index (χ4n) is 3.21. The topological polar surface area (TPSA) is 55.8 Å². The van der Waals surface area contributed by atoms with Crippen LogP contribution in [0.2, 0.25) is 5.02 Å². The molecule has 1 heterocycles. The van der Waals surface area contributed by atoms with Crippen molar-refractivity contribution in [3.05, 3.63) is 64.7 Å². The van der Waals surface area contributed by atoms with Gasteiger partial charge in [0.05, 0.1) is 30.3 Å². The van der Waals surface area contributed by atoms with Crippen LogP contribution < -0.4 is 0 Å². The van der Waals surface area contributed by atoms with Crippen LogP contribution in [0.3, 0.4) is 0 Å². The summed E-state index contributed by atoms with van der Waals surface area (Å²) in [5, 5.41) is 0.655. The number of methoxy groups -OCH3 is 1. The highest BCUT2D eigenvalue weighted by Crippen LogP contribution is 2.25. The Morgan fingerprint density at radius 3 is 2.44 bits per heavy atom. The molecule has 2 aromatic carbocycles. The van der Waals surface area contributed by atoms with Crippen LogP contribution in [0.25, 0.3) is 0 Å². The van der Waals surface area contributed by atoms with Gasteiger partial charge in [0.2, 0.25) is 10.0 Å². The molecule has 2 aromatic rings. The quantitative estimate of drug-likeness (QED) is 0.734. The first-order chi connectivity index (χ1) is 12.9. The Balaban J connectivity index is 1.88. The molecule has 27 heavy (non-hydrogen) atoms. The highest BCUT2D eigenvalue weighted by atomic mass is 35.5. The van der Waals surface area contributed by atoms with E-state index in [1.807, 2.05) is 43.3 Å². The lowest BCUT2D eigenvalue weighted by Gasteiger charge is -2.38. The first kappa shape index (κ1) is 20.3. The molecule has 0 N–H and O–H groups in total. The Kier molecular flexibility index (Phi) is 6.55. The predicted octanol–water partition coefficient (Wildman–Crippen LogP) is 3.30. The normalized spacial score (nSPS) is 21.3. The van der Waals surface area contributed by atoms with Crippen molar-refractivity contribution in [2.75, 3.05) is 26.9 Å². The van der Waals surface area contributed by atoms with Gasteiger partial charge in [-0.25, -0.2) is 8.42 Å². The maximum absolute atomic E-state index is 13.3. The molecule has 1 aliphatic rings. The number of aryl methyl sites for hydroxylation is 1. The van der Waals surface area contributed by atoms with Crippen LogP contribution in [-0.2, 0) is 25.9 Å². The molecule has 0 amide bonds. The second-order valence-corrected chi connectivity index (χ2v) is 9.11. The molecule has 3 rings (SSSR count). The predicted molar refractivity (Wildman–Crippen MR) is 106 cm³/mol. The fraction of sp³-hybridized carbons (Fsp3) is 0.400. The van der Waals surface area contributed by atoms with E-state index in [0.29, 0.717) is 29.6 Å². The van der Waals surface area contributed by atoms with Gasteiger partial charge in [-0.3, -0.25) is 0 Å². The third-order valence-corrected chi connectivity index (χ3v) is 6.86. The number of hydrogen-bond acceptors (Lipinski definition) is 4. The maximum atomic E-state index is 13.3. The lowest BCUT2D eigenvalue weighted by atomic mass is 10.1. The zero-order valence-electron chi connectivity index (χ0n) is 15.5. The van der Waals surface area contributed by atoms with Crippen molar-refractivity contribution in [3.8, 4) is 0 Å². The number of nitrogens with zero attached hydrogens (tertiary/aromatic N) is 1. The molecular formula is C20H24ClNO4S. The monoisotopic (exact) mass is 409 g/mol. The van der Waals surface area contributed by atoms with Crippen molar-refractivity contribution in [1.82, 2.24) is 4.31 Å². The Bertz CT molecular complexity index is 853. The molecule has 0 aliphatic carbocycles. The van der Waals surface area contributed by atoms with Crippen molar-refractivity contribution in [2.45, 2.75) is 30.4 Å². The summed E-state index contributed by atoms with van der Waals surface area (Å²) in [6.07, 6.45) is 0.277. The maximum Gasteiger partial charge on any atom is 0.243 e. The van der Waals surface area contributed by atoms with E-state index in [-0.39, 0.29) is 18.7 Å². The largest absolute Gasteiger partial charge is 0.382 e. The highest BCUT2D eigenvalue weighted by Gasteiger charge is 2.37. The number of sulfonamides is 1. The van der Waals surface area contributed by atoms with Gasteiger partial charge in [0.25, 0.3) is 0 Å². The molecule has 0 bridgehead atoms. The van der Waals surface area contributed by atoms with Crippen molar-refractivity contribution in [2.24, 2.45) is 0 Å². The molecule has 0 unspecified atom stereocenters. The standard InChI is InChI=1S/C20H24ClNO4S/c1-15-3-9-20(10-4-15)27(23,24)22-12-19(14-25-2)26-13-18(22)11-16-5-7-17(21)8-6-16/h3-10,18-19H,11-14H2,1-2H3/t18-,19+/m0/s1. The van der Waals surface area contributed by atoms with Gasteiger partial charge in [0, 0.05) is 18.7 Å². The van der Waals surface area contributed by atoms with E-state index >= 15 is 0 Å². The number of morpholine rings is 1. The molecule has 2 atom stereocenters. The minimum atomic E-state index is -3.64. The van der Waals surface area contributed by atoms with Crippen LogP contribution in [0.5, 0.6) is 0 Å². The fourth-order valence-corrected chi connectivity index (χ4v) is 4.98. The second-order valence-electron chi connectivity index (χ2n) is 6.78. The Labute approximate surface area is 165 Å². The molecule has 7 heteroatoms. The molecule has 0 saturated carbocycles. The first-order valence-corrected chi connectivity index (χ1v) is 10.7. The van der Waals surface area contributed by atoms with Gasteiger partial charge in [-0.2, -0.15) is 4.31 Å². The molecule has 0 spiro atoms. The first-order valence-electron chi connectivity index (χ1n) is 8.83. The molecule has 5 nitrogen and oxygen atoms in total. The Morgan fingerprint density at radius 1 is 1.15 bits per heavy atom. The van der Waals surface area contributed by atoms with E-state index in [4.69, 9.17) is 21.1 Å². The van der Waals surface area contributed by atoms with E-state index in [1.54, 1.807) is 23.5 Å². The zero-order valence-corrected chi connectivity index (χ0v) is 17.0. The van der Waals surface area contributed by atoms with Crippen LogP contribution >= 0.6 is 11.6 Å². The van der Waals surface area contributed by atoms with Gasteiger partial charge in [0.15, 0.2) is 0 Å². The van der Waals surface area contributed by atoms with E-state index in [9.17, 15) is 8.42 Å². The van der Waals surface area contributed by atoms with Gasteiger partial charge in [-0.15, -0.1) is 0 Å². The third-order valence-electron chi connectivity index (χ3n) is 4.68. The van der Waals surface area contributed by atoms with Crippen molar-refractivity contribution >= 4 is 21.6 Å². The molecule has 1 aliphatic heterocycles. The molecule has 1 fully saturated rings. The Morgan fingerprint density at radius 2 is 1.81 bits per heavy atom. The minimum absolute atomic E-state index is 0.266. The molecule has 0 radical (unpaired) electrons. The number of halogens is 1. The van der Waals surface area contributed by atoms with E-state index in [0.717, 1.165) is 11.1 Å². The zero-order chi connectivity index (χ0) is 19.4. The molecular weight excluding hydrogens is 386 g/mol. The summed E-state index contributed by atoms with van der Waals surface area (Å²) in [7, 11) is -2.05. The number of rotatable bonds is 6. The van der Waals surface area contributed by atoms with Crippen LogP contribution in [0.4, 0.5) is 0 Å². The SMILES string of the molecule is COC[C@H]1CN(S(=O)(=O)c2ccc(C)cc2)[C@@H](Cc2ccc(Cl)cc2)CO1. The summed E-state index contributed by atoms with van der Waals surface area (Å²) < 4.78 is 39.2. The summed E-state index contributed by atoms with van der Waals surface area (Å²) in [6.45, 7) is 2.88. The highest BCUT2D eigenvalue weighted by molar-refractivity contribution is 7.89. The van der Waals surface area contributed by atoms with Gasteiger partial charge >= 0.3 is 0 Å². The number of hydrogen-bond donors (Lipinski definition) is 0.